The summed E-state index contributed by atoms with van der Waals surface area (Å²) in [5, 5.41) is 0. The van der Waals surface area contributed by atoms with Crippen molar-refractivity contribution in [1.29, 1.82) is 0 Å². The molecule has 2 rings (SSSR count). The van der Waals surface area contributed by atoms with Gasteiger partial charge in [0.05, 0.1) is 4.47 Å². The van der Waals surface area contributed by atoms with Gasteiger partial charge < -0.3 is 0 Å². The summed E-state index contributed by atoms with van der Waals surface area (Å²) in [5.74, 6) is 0.730. The Hall–Kier alpha value is -1.48. The first-order chi connectivity index (χ1) is 7.79. The summed E-state index contributed by atoms with van der Waals surface area (Å²) in [7, 11) is 0. The van der Waals surface area contributed by atoms with Gasteiger partial charge in [0.15, 0.2) is 5.82 Å². The molecule has 0 amide bonds. The minimum Gasteiger partial charge on any atom is -0.235 e. The molecule has 16 heavy (non-hydrogen) atoms. The molecule has 2 nitrogen and oxygen atoms in total. The van der Waals surface area contributed by atoms with Crippen LogP contribution in [0.1, 0.15) is 5.56 Å². The van der Waals surface area contributed by atoms with Crippen molar-refractivity contribution >= 4 is 22.0 Å². The average Bonchev–Trinajstić information content (AvgIpc) is 2.32. The van der Waals surface area contributed by atoms with Crippen LogP contribution in [-0.4, -0.2) is 9.97 Å². The molecule has 0 aliphatic heterocycles. The van der Waals surface area contributed by atoms with Crippen LogP contribution in [0.5, 0.6) is 0 Å². The van der Waals surface area contributed by atoms with Gasteiger partial charge in [-0.25, -0.2) is 9.97 Å². The number of allylic oxidation sites excluding steroid dienone is 1. The van der Waals surface area contributed by atoms with Crippen LogP contribution in [-0.2, 0) is 0 Å². The van der Waals surface area contributed by atoms with Crippen LogP contribution in [0.15, 0.2) is 47.2 Å². The zero-order valence-electron chi connectivity index (χ0n) is 8.60. The topological polar surface area (TPSA) is 25.8 Å². The second-order valence-corrected chi connectivity index (χ2v) is 4.16. The van der Waals surface area contributed by atoms with Crippen LogP contribution in [0, 0.1) is 6.92 Å². The molecule has 0 saturated carbocycles. The van der Waals surface area contributed by atoms with Crippen molar-refractivity contribution in [2.75, 3.05) is 0 Å². The van der Waals surface area contributed by atoms with Crippen LogP contribution in [0.3, 0.4) is 0 Å². The third kappa shape index (κ3) is 2.55. The second-order valence-electron chi connectivity index (χ2n) is 3.25. The summed E-state index contributed by atoms with van der Waals surface area (Å²) in [5.41, 5.74) is 2.13. The molecule has 0 unspecified atom stereocenters. The standard InChI is InChI=1S/C13H10BrN2/c1-2-3-10-4-6-11(7-5-10)13-15-8-12(14)9-16-13/h2-9H,1H2/b3-2+. The Morgan fingerprint density at radius 3 is 2.25 bits per heavy atom. The Morgan fingerprint density at radius 2 is 1.69 bits per heavy atom. The Balaban J connectivity index is 2.31. The second kappa shape index (κ2) is 5.03. The van der Waals surface area contributed by atoms with E-state index < -0.39 is 0 Å². The van der Waals surface area contributed by atoms with Crippen LogP contribution in [0.2, 0.25) is 0 Å². The van der Waals surface area contributed by atoms with E-state index in [-0.39, 0.29) is 0 Å². The highest BCUT2D eigenvalue weighted by Crippen LogP contribution is 2.17. The minimum absolute atomic E-state index is 0.730. The molecule has 1 radical (unpaired) electrons. The summed E-state index contributed by atoms with van der Waals surface area (Å²) >= 11 is 3.31. The van der Waals surface area contributed by atoms with Crippen LogP contribution < -0.4 is 0 Å². The molecule has 0 spiro atoms. The molecule has 0 aliphatic carbocycles. The van der Waals surface area contributed by atoms with Gasteiger partial charge in [-0.3, -0.25) is 0 Å². The molecule has 79 valence electrons. The first-order valence-corrected chi connectivity index (χ1v) is 5.62. The van der Waals surface area contributed by atoms with Crippen molar-refractivity contribution in [3.63, 3.8) is 0 Å². The van der Waals surface area contributed by atoms with Crippen LogP contribution in [0.4, 0.5) is 0 Å². The van der Waals surface area contributed by atoms with Gasteiger partial charge in [0.25, 0.3) is 0 Å². The van der Waals surface area contributed by atoms with E-state index in [2.05, 4.69) is 32.8 Å². The van der Waals surface area contributed by atoms with Crippen molar-refractivity contribution in [3.8, 4) is 11.4 Å². The zero-order chi connectivity index (χ0) is 11.4. The third-order valence-corrected chi connectivity index (χ3v) is 2.51. The lowest BCUT2D eigenvalue weighted by Crippen LogP contribution is -1.87. The number of hydrogen-bond donors (Lipinski definition) is 0. The molecule has 0 atom stereocenters. The lowest BCUT2D eigenvalue weighted by Gasteiger charge is -2.00. The predicted octanol–water partition coefficient (Wildman–Crippen LogP) is 3.75. The maximum atomic E-state index is 4.24. The smallest absolute Gasteiger partial charge is 0.159 e. The fourth-order valence-electron chi connectivity index (χ4n) is 1.34. The Bertz CT molecular complexity index is 486. The van der Waals surface area contributed by atoms with Crippen molar-refractivity contribution < 1.29 is 0 Å². The maximum absolute atomic E-state index is 4.24. The van der Waals surface area contributed by atoms with Crippen molar-refractivity contribution in [3.05, 3.63) is 59.7 Å². The van der Waals surface area contributed by atoms with Gasteiger partial charge in [-0.1, -0.05) is 36.4 Å². The normalized spacial score (nSPS) is 10.9. The molecule has 0 saturated heterocycles. The molecule has 0 bridgehead atoms. The molecule has 0 fully saturated rings. The summed E-state index contributed by atoms with van der Waals surface area (Å²) in [6, 6.07) is 8.03. The van der Waals surface area contributed by atoms with Gasteiger partial charge in [-0.15, -0.1) is 0 Å². The van der Waals surface area contributed by atoms with Gasteiger partial charge >= 0.3 is 0 Å². The monoisotopic (exact) mass is 273 g/mol. The van der Waals surface area contributed by atoms with Gasteiger partial charge in [0.1, 0.15) is 0 Å². The zero-order valence-corrected chi connectivity index (χ0v) is 10.2. The van der Waals surface area contributed by atoms with E-state index >= 15 is 0 Å². The lowest BCUT2D eigenvalue weighted by atomic mass is 10.1. The number of halogens is 1. The first kappa shape index (κ1) is 11.0. The lowest BCUT2D eigenvalue weighted by molar-refractivity contribution is 1.16. The van der Waals surface area contributed by atoms with E-state index in [1.54, 1.807) is 18.5 Å². The van der Waals surface area contributed by atoms with E-state index in [0.717, 1.165) is 21.4 Å². The van der Waals surface area contributed by atoms with Crippen molar-refractivity contribution in [2.24, 2.45) is 0 Å². The first-order valence-electron chi connectivity index (χ1n) is 4.83. The number of benzene rings is 1. The molecule has 1 heterocycles. The number of rotatable bonds is 2. The van der Waals surface area contributed by atoms with E-state index in [1.165, 1.54) is 0 Å². The van der Waals surface area contributed by atoms with E-state index in [4.69, 9.17) is 0 Å². The molecule has 0 N–H and O–H groups in total. The molecule has 2 aromatic rings. The maximum Gasteiger partial charge on any atom is 0.159 e. The van der Waals surface area contributed by atoms with E-state index in [9.17, 15) is 0 Å². The summed E-state index contributed by atoms with van der Waals surface area (Å²) in [6.45, 7) is 3.66. The number of nitrogens with zero attached hydrogens (tertiary/aromatic N) is 2. The molecular formula is C13H10BrN2. The Morgan fingerprint density at radius 1 is 1.06 bits per heavy atom. The van der Waals surface area contributed by atoms with Crippen LogP contribution >= 0.6 is 15.9 Å². The molecule has 0 aliphatic rings. The van der Waals surface area contributed by atoms with Crippen molar-refractivity contribution in [1.82, 2.24) is 9.97 Å². The molecule has 1 aromatic carbocycles. The van der Waals surface area contributed by atoms with Gasteiger partial charge in [0, 0.05) is 18.0 Å². The Labute approximate surface area is 103 Å². The highest BCUT2D eigenvalue weighted by atomic mass is 79.9. The summed E-state index contributed by atoms with van der Waals surface area (Å²) < 4.78 is 0.882. The molecule has 3 heteroatoms. The van der Waals surface area contributed by atoms with Gasteiger partial charge in [0.2, 0.25) is 0 Å². The summed E-state index contributed by atoms with van der Waals surface area (Å²) in [6.07, 6.45) is 7.20. The minimum atomic E-state index is 0.730. The Kier molecular flexibility index (Phi) is 3.47. The SMILES string of the molecule is [CH2]/C=C/c1ccc(-c2ncc(Br)cn2)cc1. The quantitative estimate of drug-likeness (QED) is 0.833. The largest absolute Gasteiger partial charge is 0.235 e. The summed E-state index contributed by atoms with van der Waals surface area (Å²) in [4.78, 5) is 8.47. The molecule has 1 aromatic heterocycles. The number of hydrogen-bond acceptors (Lipinski definition) is 2. The van der Waals surface area contributed by atoms with Gasteiger partial charge in [-0.2, -0.15) is 0 Å². The number of aromatic nitrogens is 2. The predicted molar refractivity (Wildman–Crippen MR) is 69.6 cm³/mol. The van der Waals surface area contributed by atoms with E-state index in [0.29, 0.717) is 0 Å². The average molecular weight is 274 g/mol. The van der Waals surface area contributed by atoms with E-state index in [1.807, 2.05) is 30.3 Å². The van der Waals surface area contributed by atoms with Crippen LogP contribution in [0.25, 0.3) is 17.5 Å². The van der Waals surface area contributed by atoms with Crippen molar-refractivity contribution in [2.45, 2.75) is 0 Å². The highest BCUT2D eigenvalue weighted by molar-refractivity contribution is 9.10. The van der Waals surface area contributed by atoms with Gasteiger partial charge in [-0.05, 0) is 28.4 Å². The molecular weight excluding hydrogens is 264 g/mol. The highest BCUT2D eigenvalue weighted by Gasteiger charge is 1.99. The third-order valence-electron chi connectivity index (χ3n) is 2.10. The fourth-order valence-corrected chi connectivity index (χ4v) is 1.55. The fraction of sp³-hybridized carbons (Fsp3) is 0.